The first-order valence-electron chi connectivity index (χ1n) is 12.4. The first kappa shape index (κ1) is 23.3. The predicted molar refractivity (Wildman–Crippen MR) is 130 cm³/mol. The molecule has 0 radical (unpaired) electrons. The van der Waals surface area contributed by atoms with E-state index in [2.05, 4.69) is 27.4 Å². The minimum atomic E-state index is -0.972. The van der Waals surface area contributed by atoms with Crippen molar-refractivity contribution in [3.63, 3.8) is 0 Å². The van der Waals surface area contributed by atoms with Gasteiger partial charge in [0.15, 0.2) is 5.82 Å². The van der Waals surface area contributed by atoms with Gasteiger partial charge in [-0.25, -0.2) is 4.39 Å². The highest BCUT2D eigenvalue weighted by atomic mass is 19.1. The van der Waals surface area contributed by atoms with E-state index in [1.165, 1.54) is 31.7 Å². The molecular weight excluding hydrogens is 447 g/mol. The van der Waals surface area contributed by atoms with E-state index in [0.717, 1.165) is 19.4 Å². The lowest BCUT2D eigenvalue weighted by atomic mass is 9.79. The minimum absolute atomic E-state index is 0.346. The van der Waals surface area contributed by atoms with Gasteiger partial charge in [-0.2, -0.15) is 5.10 Å². The molecule has 1 aliphatic carbocycles. The highest BCUT2D eigenvalue weighted by Gasteiger charge is 2.41. The minimum Gasteiger partial charge on any atom is -0.493 e. The molecule has 5 rings (SSSR count). The molecule has 2 N–H and O–H groups in total. The summed E-state index contributed by atoms with van der Waals surface area (Å²) in [6.45, 7) is 5.32. The van der Waals surface area contributed by atoms with Crippen molar-refractivity contribution >= 4 is 17.1 Å². The van der Waals surface area contributed by atoms with E-state index in [1.54, 1.807) is 12.1 Å². The molecule has 1 amide bonds. The average Bonchev–Trinajstić information content (AvgIpc) is 3.48. The van der Waals surface area contributed by atoms with Crippen LogP contribution in [0.25, 0.3) is 11.1 Å². The van der Waals surface area contributed by atoms with E-state index >= 15 is 4.39 Å². The standard InChI is InChI=1S/C26H31FN6O2/c1-3-4-12-35-18-8-9-20(21(27)13-18)26(2)14-19(23(25(34)30-26)24-28-16-29-31-24)22-10-11-33(32-22)15-17-6-5-7-17/h8-11,13,16-17H,3-7,12,14-15H2,1-2H3,(H,30,34)(H,28,29,31)/t26-/m0/s1. The van der Waals surface area contributed by atoms with Crippen molar-refractivity contribution < 1.29 is 13.9 Å². The fourth-order valence-corrected chi connectivity index (χ4v) is 4.83. The lowest BCUT2D eigenvalue weighted by Crippen LogP contribution is -2.48. The molecule has 3 heterocycles. The van der Waals surface area contributed by atoms with Gasteiger partial charge in [0.25, 0.3) is 5.91 Å². The van der Waals surface area contributed by atoms with Crippen LogP contribution in [0.1, 0.15) is 69.5 Å². The maximum atomic E-state index is 15.3. The van der Waals surface area contributed by atoms with Crippen LogP contribution in [0.3, 0.4) is 0 Å². The fraction of sp³-hybridized carbons (Fsp3) is 0.462. The topological polar surface area (TPSA) is 97.7 Å². The summed E-state index contributed by atoms with van der Waals surface area (Å²) in [7, 11) is 0. The van der Waals surface area contributed by atoms with Crippen LogP contribution in [0.5, 0.6) is 5.75 Å². The van der Waals surface area contributed by atoms with Gasteiger partial charge in [-0.3, -0.25) is 9.48 Å². The second kappa shape index (κ2) is 9.64. The second-order valence-electron chi connectivity index (χ2n) is 9.72. The number of benzene rings is 1. The highest BCUT2D eigenvalue weighted by Crippen LogP contribution is 2.41. The number of carbonyl (C=O) groups is 1. The quantitative estimate of drug-likeness (QED) is 0.443. The maximum Gasteiger partial charge on any atom is 0.256 e. The van der Waals surface area contributed by atoms with Crippen LogP contribution in [0.4, 0.5) is 4.39 Å². The lowest BCUT2D eigenvalue weighted by molar-refractivity contribution is -0.117. The summed E-state index contributed by atoms with van der Waals surface area (Å²) in [6.07, 6.45) is 9.36. The molecule has 1 atom stereocenters. The Morgan fingerprint density at radius 3 is 2.83 bits per heavy atom. The molecule has 1 aliphatic heterocycles. The molecule has 2 aromatic heterocycles. The van der Waals surface area contributed by atoms with Crippen molar-refractivity contribution in [2.75, 3.05) is 6.61 Å². The van der Waals surface area contributed by atoms with Crippen LogP contribution in [-0.4, -0.2) is 37.5 Å². The predicted octanol–water partition coefficient (Wildman–Crippen LogP) is 4.47. The Labute approximate surface area is 204 Å². The van der Waals surface area contributed by atoms with E-state index in [4.69, 9.17) is 9.84 Å². The zero-order valence-corrected chi connectivity index (χ0v) is 20.2. The summed E-state index contributed by atoms with van der Waals surface area (Å²) in [5.41, 5.74) is 1.21. The van der Waals surface area contributed by atoms with E-state index in [9.17, 15) is 4.79 Å². The van der Waals surface area contributed by atoms with Crippen LogP contribution in [-0.2, 0) is 16.9 Å². The SMILES string of the molecule is CCCCOc1ccc([C@]2(C)CC(c3ccn(CC4CCC4)n3)=C(c3nnc[nH]3)C(=O)N2)c(F)c1. The molecule has 184 valence electrons. The Morgan fingerprint density at radius 1 is 1.29 bits per heavy atom. The van der Waals surface area contributed by atoms with Crippen LogP contribution >= 0.6 is 0 Å². The zero-order chi connectivity index (χ0) is 24.4. The Hall–Kier alpha value is -3.49. The summed E-state index contributed by atoms with van der Waals surface area (Å²) in [4.78, 5) is 16.4. The third-order valence-electron chi connectivity index (χ3n) is 7.02. The molecule has 9 heteroatoms. The van der Waals surface area contributed by atoms with Gasteiger partial charge < -0.3 is 15.0 Å². The van der Waals surface area contributed by atoms with Crippen molar-refractivity contribution in [1.82, 2.24) is 30.3 Å². The van der Waals surface area contributed by atoms with Gasteiger partial charge in [0, 0.05) is 30.8 Å². The van der Waals surface area contributed by atoms with Crippen molar-refractivity contribution in [2.45, 2.75) is 64.5 Å². The second-order valence-corrected chi connectivity index (χ2v) is 9.72. The molecular formula is C26H31FN6O2. The van der Waals surface area contributed by atoms with Crippen LogP contribution < -0.4 is 10.1 Å². The molecule has 2 aliphatic rings. The molecule has 3 aromatic rings. The number of ether oxygens (including phenoxy) is 1. The van der Waals surface area contributed by atoms with Gasteiger partial charge >= 0.3 is 0 Å². The number of unbranched alkanes of at least 4 members (excludes halogenated alkanes) is 1. The Kier molecular flexibility index (Phi) is 6.40. The van der Waals surface area contributed by atoms with Gasteiger partial charge in [-0.1, -0.05) is 25.8 Å². The zero-order valence-electron chi connectivity index (χ0n) is 20.2. The summed E-state index contributed by atoms with van der Waals surface area (Å²) < 4.78 is 22.9. The average molecular weight is 479 g/mol. The van der Waals surface area contributed by atoms with E-state index in [0.29, 0.717) is 52.9 Å². The maximum absolute atomic E-state index is 15.3. The Bertz CT molecular complexity index is 1230. The van der Waals surface area contributed by atoms with Crippen molar-refractivity contribution in [1.29, 1.82) is 0 Å². The number of hydrogen-bond donors (Lipinski definition) is 2. The first-order valence-corrected chi connectivity index (χ1v) is 12.4. The van der Waals surface area contributed by atoms with Gasteiger partial charge in [-0.05, 0) is 49.8 Å². The summed E-state index contributed by atoms with van der Waals surface area (Å²) in [6, 6.07) is 6.77. The molecule has 1 saturated carbocycles. The van der Waals surface area contributed by atoms with Crippen molar-refractivity contribution in [3.05, 3.63) is 59.7 Å². The Balaban J connectivity index is 1.49. The summed E-state index contributed by atoms with van der Waals surface area (Å²) in [5, 5.41) is 15.7. The summed E-state index contributed by atoms with van der Waals surface area (Å²) >= 11 is 0. The number of H-pyrrole nitrogens is 1. The van der Waals surface area contributed by atoms with E-state index < -0.39 is 11.4 Å². The highest BCUT2D eigenvalue weighted by molar-refractivity contribution is 6.27. The van der Waals surface area contributed by atoms with E-state index in [1.807, 2.05) is 23.9 Å². The number of carbonyl (C=O) groups excluding carboxylic acids is 1. The molecule has 8 nitrogen and oxygen atoms in total. The van der Waals surface area contributed by atoms with Gasteiger partial charge in [0.1, 0.15) is 17.9 Å². The number of nitrogens with one attached hydrogen (secondary N) is 2. The fourth-order valence-electron chi connectivity index (χ4n) is 4.83. The van der Waals surface area contributed by atoms with Crippen LogP contribution in [0, 0.1) is 11.7 Å². The normalized spacial score (nSPS) is 20.6. The van der Waals surface area contributed by atoms with Gasteiger partial charge in [0.05, 0.1) is 23.4 Å². The number of hydrogen-bond acceptors (Lipinski definition) is 5. The molecule has 0 saturated heterocycles. The Morgan fingerprint density at radius 2 is 2.14 bits per heavy atom. The number of amides is 1. The third kappa shape index (κ3) is 4.72. The first-order chi connectivity index (χ1) is 17.0. The molecule has 1 fully saturated rings. The molecule has 0 unspecified atom stereocenters. The summed E-state index contributed by atoms with van der Waals surface area (Å²) in [5.74, 6) is 0.741. The molecule has 35 heavy (non-hydrogen) atoms. The number of nitrogens with zero attached hydrogens (tertiary/aromatic N) is 4. The molecule has 1 aromatic carbocycles. The molecule has 0 bridgehead atoms. The molecule has 0 spiro atoms. The smallest absolute Gasteiger partial charge is 0.256 e. The number of aromatic amines is 1. The number of aromatic nitrogens is 5. The van der Waals surface area contributed by atoms with Gasteiger partial charge in [0.2, 0.25) is 0 Å². The van der Waals surface area contributed by atoms with Gasteiger partial charge in [-0.15, -0.1) is 10.2 Å². The van der Waals surface area contributed by atoms with Crippen molar-refractivity contribution in [2.24, 2.45) is 5.92 Å². The van der Waals surface area contributed by atoms with Crippen molar-refractivity contribution in [3.8, 4) is 5.75 Å². The number of rotatable bonds is 9. The van der Waals surface area contributed by atoms with Crippen LogP contribution in [0.2, 0.25) is 0 Å². The lowest BCUT2D eigenvalue weighted by Gasteiger charge is -2.37. The number of halogens is 1. The third-order valence-corrected chi connectivity index (χ3v) is 7.02. The van der Waals surface area contributed by atoms with E-state index in [-0.39, 0.29) is 5.91 Å². The van der Waals surface area contributed by atoms with Crippen LogP contribution in [0.15, 0.2) is 36.8 Å². The monoisotopic (exact) mass is 478 g/mol. The largest absolute Gasteiger partial charge is 0.493 e.